The number of benzene rings is 1. The van der Waals surface area contributed by atoms with Gasteiger partial charge in [-0.1, -0.05) is 25.1 Å². The van der Waals surface area contributed by atoms with Crippen LogP contribution in [0.2, 0.25) is 0 Å². The van der Waals surface area contributed by atoms with Gasteiger partial charge in [-0.05, 0) is 38.3 Å². The Bertz CT molecular complexity index is 341. The maximum Gasteiger partial charge on any atom is 0.0366 e. The number of para-hydroxylation sites is 1. The lowest BCUT2D eigenvalue weighted by atomic mass is 10.0. The highest BCUT2D eigenvalue weighted by atomic mass is 15.2. The molecule has 1 atom stereocenters. The molecular formula is C16H26N2. The Balaban J connectivity index is 1.90. The predicted octanol–water partition coefficient (Wildman–Crippen LogP) is 3.39. The van der Waals surface area contributed by atoms with E-state index in [0.29, 0.717) is 6.04 Å². The van der Waals surface area contributed by atoms with Crippen molar-refractivity contribution in [3.63, 3.8) is 0 Å². The fraction of sp³-hybridized carbons (Fsp3) is 0.625. The van der Waals surface area contributed by atoms with E-state index in [1.807, 2.05) is 0 Å². The molecule has 1 saturated heterocycles. The van der Waals surface area contributed by atoms with Gasteiger partial charge in [-0.2, -0.15) is 0 Å². The number of hydrogen-bond donors (Lipinski definition) is 0. The second kappa shape index (κ2) is 6.24. The highest BCUT2D eigenvalue weighted by Crippen LogP contribution is 2.23. The number of nitrogens with zero attached hydrogens (tertiary/aromatic N) is 2. The first kappa shape index (κ1) is 13.4. The van der Waals surface area contributed by atoms with E-state index >= 15 is 0 Å². The first-order valence-corrected chi connectivity index (χ1v) is 7.24. The zero-order chi connectivity index (χ0) is 13.0. The monoisotopic (exact) mass is 246 g/mol. The van der Waals surface area contributed by atoms with Crippen molar-refractivity contribution in [2.45, 2.75) is 45.2 Å². The zero-order valence-corrected chi connectivity index (χ0v) is 12.0. The molecule has 2 heteroatoms. The minimum Gasteiger partial charge on any atom is -0.372 e. The van der Waals surface area contributed by atoms with Crippen LogP contribution in [-0.4, -0.2) is 37.1 Å². The number of rotatable bonds is 4. The molecule has 0 aliphatic carbocycles. The van der Waals surface area contributed by atoms with Crippen molar-refractivity contribution in [2.75, 3.05) is 25.0 Å². The molecule has 0 aromatic heterocycles. The van der Waals surface area contributed by atoms with Crippen LogP contribution in [0.1, 0.15) is 33.1 Å². The maximum absolute atomic E-state index is 2.63. The first-order chi connectivity index (χ1) is 8.72. The third-order valence-corrected chi connectivity index (χ3v) is 4.42. The Morgan fingerprint density at radius 2 is 1.83 bits per heavy atom. The molecule has 2 rings (SSSR count). The maximum atomic E-state index is 2.63. The molecular weight excluding hydrogens is 220 g/mol. The second-order valence-corrected chi connectivity index (χ2v) is 5.47. The smallest absolute Gasteiger partial charge is 0.0366 e. The van der Waals surface area contributed by atoms with Crippen molar-refractivity contribution in [2.24, 2.45) is 0 Å². The summed E-state index contributed by atoms with van der Waals surface area (Å²) in [6, 6.07) is 12.2. The minimum atomic E-state index is 0.702. The highest BCUT2D eigenvalue weighted by Gasteiger charge is 2.24. The lowest BCUT2D eigenvalue weighted by Gasteiger charge is -2.40. The average molecular weight is 246 g/mol. The molecule has 1 aliphatic rings. The number of likely N-dealkylation sites (tertiary alicyclic amines) is 1. The summed E-state index contributed by atoms with van der Waals surface area (Å²) in [6.45, 7) is 7.13. The molecule has 0 bridgehead atoms. The highest BCUT2D eigenvalue weighted by molar-refractivity contribution is 5.46. The topological polar surface area (TPSA) is 6.48 Å². The van der Waals surface area contributed by atoms with Gasteiger partial charge in [0.2, 0.25) is 0 Å². The Morgan fingerprint density at radius 3 is 2.39 bits per heavy atom. The van der Waals surface area contributed by atoms with Crippen molar-refractivity contribution >= 4 is 5.69 Å². The summed E-state index contributed by atoms with van der Waals surface area (Å²) in [7, 11) is 2.24. The molecule has 0 radical (unpaired) electrons. The molecule has 0 N–H and O–H groups in total. The second-order valence-electron chi connectivity index (χ2n) is 5.47. The molecule has 2 nitrogen and oxygen atoms in total. The van der Waals surface area contributed by atoms with Gasteiger partial charge in [0.05, 0.1) is 0 Å². The molecule has 1 aromatic rings. The zero-order valence-electron chi connectivity index (χ0n) is 12.0. The van der Waals surface area contributed by atoms with Gasteiger partial charge in [0, 0.05) is 37.9 Å². The van der Waals surface area contributed by atoms with Crippen LogP contribution in [-0.2, 0) is 0 Å². The first-order valence-electron chi connectivity index (χ1n) is 7.24. The van der Waals surface area contributed by atoms with E-state index in [0.717, 1.165) is 6.04 Å². The molecule has 1 aromatic carbocycles. The van der Waals surface area contributed by atoms with E-state index in [1.165, 1.54) is 38.0 Å². The lowest BCUT2D eigenvalue weighted by molar-refractivity contribution is 0.158. The summed E-state index contributed by atoms with van der Waals surface area (Å²) >= 11 is 0. The van der Waals surface area contributed by atoms with Crippen LogP contribution in [0.5, 0.6) is 0 Å². The van der Waals surface area contributed by atoms with E-state index in [1.54, 1.807) is 0 Å². The molecule has 1 unspecified atom stereocenters. The summed E-state index contributed by atoms with van der Waals surface area (Å²) in [5.74, 6) is 0. The molecule has 0 amide bonds. The summed E-state index contributed by atoms with van der Waals surface area (Å²) < 4.78 is 0. The Hall–Kier alpha value is -1.02. The van der Waals surface area contributed by atoms with Crippen LogP contribution in [0.25, 0.3) is 0 Å². The normalized spacial score (nSPS) is 19.7. The molecule has 1 heterocycles. The fourth-order valence-electron chi connectivity index (χ4n) is 2.85. The third kappa shape index (κ3) is 3.05. The SMILES string of the molecule is CCC(C)N1CCC(N(C)c2ccccc2)CC1. The van der Waals surface area contributed by atoms with E-state index < -0.39 is 0 Å². The third-order valence-electron chi connectivity index (χ3n) is 4.42. The van der Waals surface area contributed by atoms with Gasteiger partial charge in [-0.3, -0.25) is 0 Å². The molecule has 0 spiro atoms. The van der Waals surface area contributed by atoms with Gasteiger partial charge >= 0.3 is 0 Å². The van der Waals surface area contributed by atoms with Crippen molar-refractivity contribution in [3.05, 3.63) is 30.3 Å². The lowest BCUT2D eigenvalue weighted by Crippen LogP contribution is -2.46. The minimum absolute atomic E-state index is 0.702. The Morgan fingerprint density at radius 1 is 1.22 bits per heavy atom. The van der Waals surface area contributed by atoms with E-state index in [2.05, 4.69) is 61.0 Å². The van der Waals surface area contributed by atoms with E-state index in [-0.39, 0.29) is 0 Å². The molecule has 100 valence electrons. The molecule has 1 fully saturated rings. The quantitative estimate of drug-likeness (QED) is 0.803. The largest absolute Gasteiger partial charge is 0.372 e. The summed E-state index contributed by atoms with van der Waals surface area (Å²) in [5.41, 5.74) is 1.35. The Kier molecular flexibility index (Phi) is 4.65. The standard InChI is InChI=1S/C16H26N2/c1-4-14(2)18-12-10-16(11-13-18)17(3)15-8-6-5-7-9-15/h5-9,14,16H,4,10-13H2,1-3H3. The van der Waals surface area contributed by atoms with Crippen molar-refractivity contribution in [1.82, 2.24) is 4.90 Å². The van der Waals surface area contributed by atoms with Gasteiger partial charge in [-0.25, -0.2) is 0 Å². The van der Waals surface area contributed by atoms with Crippen LogP contribution < -0.4 is 4.90 Å². The Labute approximate surface area is 112 Å². The van der Waals surface area contributed by atoms with Crippen LogP contribution in [0.3, 0.4) is 0 Å². The van der Waals surface area contributed by atoms with Gasteiger partial charge in [-0.15, -0.1) is 0 Å². The van der Waals surface area contributed by atoms with Crippen molar-refractivity contribution < 1.29 is 0 Å². The summed E-state index contributed by atoms with van der Waals surface area (Å²) in [5, 5.41) is 0. The predicted molar refractivity (Wildman–Crippen MR) is 79.2 cm³/mol. The van der Waals surface area contributed by atoms with Crippen molar-refractivity contribution in [1.29, 1.82) is 0 Å². The number of anilines is 1. The molecule has 0 saturated carbocycles. The van der Waals surface area contributed by atoms with Crippen LogP contribution in [0, 0.1) is 0 Å². The van der Waals surface area contributed by atoms with Gasteiger partial charge in [0.15, 0.2) is 0 Å². The van der Waals surface area contributed by atoms with Crippen LogP contribution in [0.15, 0.2) is 30.3 Å². The number of hydrogen-bond acceptors (Lipinski definition) is 2. The van der Waals surface area contributed by atoms with Crippen molar-refractivity contribution in [3.8, 4) is 0 Å². The summed E-state index contributed by atoms with van der Waals surface area (Å²) in [4.78, 5) is 5.09. The summed E-state index contributed by atoms with van der Waals surface area (Å²) in [6.07, 6.45) is 3.84. The van der Waals surface area contributed by atoms with E-state index in [9.17, 15) is 0 Å². The average Bonchev–Trinajstić information content (AvgIpc) is 2.47. The van der Waals surface area contributed by atoms with Crippen LogP contribution in [0.4, 0.5) is 5.69 Å². The molecule has 1 aliphatic heterocycles. The van der Waals surface area contributed by atoms with E-state index in [4.69, 9.17) is 0 Å². The van der Waals surface area contributed by atoms with Gasteiger partial charge in [0.1, 0.15) is 0 Å². The van der Waals surface area contributed by atoms with Crippen LogP contribution >= 0.6 is 0 Å². The number of piperidine rings is 1. The van der Waals surface area contributed by atoms with Gasteiger partial charge < -0.3 is 9.80 Å². The molecule has 18 heavy (non-hydrogen) atoms. The fourth-order valence-corrected chi connectivity index (χ4v) is 2.85. The van der Waals surface area contributed by atoms with Gasteiger partial charge in [0.25, 0.3) is 0 Å².